The summed E-state index contributed by atoms with van der Waals surface area (Å²) in [5, 5.41) is 1.08. The molecule has 0 aromatic heterocycles. The fourth-order valence-electron chi connectivity index (χ4n) is 2.62. The predicted molar refractivity (Wildman–Crippen MR) is 67.3 cm³/mol. The van der Waals surface area contributed by atoms with Crippen LogP contribution in [0.25, 0.3) is 0 Å². The summed E-state index contributed by atoms with van der Waals surface area (Å²) in [7, 11) is 0. The maximum absolute atomic E-state index is 11.9. The van der Waals surface area contributed by atoms with Crippen LogP contribution in [0.5, 0.6) is 0 Å². The van der Waals surface area contributed by atoms with Gasteiger partial charge in [-0.3, -0.25) is 4.79 Å². The van der Waals surface area contributed by atoms with Gasteiger partial charge < -0.3 is 0 Å². The molecular weight excluding hydrogens is 243 g/mol. The second-order valence-electron chi connectivity index (χ2n) is 4.47. The molecule has 0 N–H and O–H groups in total. The lowest BCUT2D eigenvalue weighted by Gasteiger charge is -2.26. The van der Waals surface area contributed by atoms with E-state index in [1.807, 2.05) is 12.1 Å². The van der Waals surface area contributed by atoms with Crippen molar-refractivity contribution < 1.29 is 4.79 Å². The average Bonchev–Trinajstić information content (AvgIpc) is 2.72. The summed E-state index contributed by atoms with van der Waals surface area (Å²) in [6, 6.07) is 5.56. The number of ketones is 1. The Morgan fingerprint density at radius 2 is 1.81 bits per heavy atom. The molecular formula is C13H14Cl2O. The number of benzene rings is 1. The zero-order valence-corrected chi connectivity index (χ0v) is 10.7. The fourth-order valence-corrected chi connectivity index (χ4v) is 2.91. The van der Waals surface area contributed by atoms with E-state index < -0.39 is 0 Å². The van der Waals surface area contributed by atoms with Crippen LogP contribution in [0.2, 0.25) is 10.0 Å². The Balaban J connectivity index is 2.47. The van der Waals surface area contributed by atoms with Crippen molar-refractivity contribution in [2.75, 3.05) is 0 Å². The normalized spacial score (nSPS) is 18.7. The topological polar surface area (TPSA) is 17.1 Å². The van der Waals surface area contributed by atoms with Gasteiger partial charge in [0, 0.05) is 0 Å². The van der Waals surface area contributed by atoms with Gasteiger partial charge in [-0.1, -0.05) is 42.1 Å². The fraction of sp³-hybridized carbons (Fsp3) is 0.462. The van der Waals surface area contributed by atoms with Crippen molar-refractivity contribution in [2.24, 2.45) is 0 Å². The van der Waals surface area contributed by atoms with E-state index in [-0.39, 0.29) is 11.2 Å². The van der Waals surface area contributed by atoms with Crippen molar-refractivity contribution in [3.8, 4) is 0 Å². The van der Waals surface area contributed by atoms with Gasteiger partial charge in [-0.25, -0.2) is 0 Å². The lowest BCUT2D eigenvalue weighted by atomic mass is 9.76. The van der Waals surface area contributed by atoms with E-state index >= 15 is 0 Å². The molecule has 86 valence electrons. The Bertz CT molecular complexity index is 420. The summed E-state index contributed by atoms with van der Waals surface area (Å²) in [6.07, 6.45) is 4.08. The van der Waals surface area contributed by atoms with Gasteiger partial charge >= 0.3 is 0 Å². The molecule has 1 aliphatic rings. The van der Waals surface area contributed by atoms with Gasteiger partial charge in [0.25, 0.3) is 0 Å². The van der Waals surface area contributed by atoms with E-state index in [0.717, 1.165) is 31.2 Å². The van der Waals surface area contributed by atoms with E-state index in [0.29, 0.717) is 10.0 Å². The molecule has 1 aliphatic carbocycles. The van der Waals surface area contributed by atoms with E-state index in [2.05, 4.69) is 0 Å². The molecule has 0 aliphatic heterocycles. The third-order valence-corrected chi connectivity index (χ3v) is 4.34. The van der Waals surface area contributed by atoms with Crippen LogP contribution in [-0.2, 0) is 10.2 Å². The van der Waals surface area contributed by atoms with Crippen LogP contribution in [0.1, 0.15) is 38.2 Å². The molecule has 0 heterocycles. The maximum atomic E-state index is 11.9. The van der Waals surface area contributed by atoms with Crippen LogP contribution in [0.4, 0.5) is 0 Å². The summed E-state index contributed by atoms with van der Waals surface area (Å²) in [5.74, 6) is 0.239. The molecule has 0 bridgehead atoms. The lowest BCUT2D eigenvalue weighted by molar-refractivity contribution is -0.122. The minimum absolute atomic E-state index is 0.239. The van der Waals surface area contributed by atoms with Crippen LogP contribution < -0.4 is 0 Å². The van der Waals surface area contributed by atoms with Crippen LogP contribution in [0, 0.1) is 0 Å². The molecule has 0 radical (unpaired) electrons. The highest BCUT2D eigenvalue weighted by atomic mass is 35.5. The minimum Gasteiger partial charge on any atom is -0.299 e. The van der Waals surface area contributed by atoms with Gasteiger partial charge in [0.15, 0.2) is 0 Å². The van der Waals surface area contributed by atoms with Crippen molar-refractivity contribution >= 4 is 29.0 Å². The molecule has 16 heavy (non-hydrogen) atoms. The van der Waals surface area contributed by atoms with Crippen molar-refractivity contribution in [3.05, 3.63) is 33.8 Å². The number of carbonyl (C=O) groups excluding carboxylic acids is 1. The second-order valence-corrected chi connectivity index (χ2v) is 5.29. The molecule has 1 fully saturated rings. The first-order valence-corrected chi connectivity index (χ1v) is 6.28. The van der Waals surface area contributed by atoms with Gasteiger partial charge in [0.2, 0.25) is 0 Å². The van der Waals surface area contributed by atoms with Crippen molar-refractivity contribution in [3.63, 3.8) is 0 Å². The Morgan fingerprint density at radius 1 is 1.19 bits per heavy atom. The Kier molecular flexibility index (Phi) is 3.27. The first-order valence-electron chi connectivity index (χ1n) is 5.53. The smallest absolute Gasteiger partial charge is 0.140 e. The molecule has 1 saturated carbocycles. The molecule has 1 aromatic carbocycles. The van der Waals surface area contributed by atoms with Gasteiger partial charge in [0.05, 0.1) is 15.5 Å². The standard InChI is InChI=1S/C13H14Cl2O/c1-9(16)13(6-2-3-7-13)10-4-5-11(14)12(15)8-10/h4-5,8H,2-3,6-7H2,1H3. The highest BCUT2D eigenvalue weighted by Gasteiger charge is 2.40. The molecule has 0 spiro atoms. The van der Waals surface area contributed by atoms with Crippen molar-refractivity contribution in [2.45, 2.75) is 38.0 Å². The molecule has 1 nitrogen and oxygen atoms in total. The Morgan fingerprint density at radius 3 is 2.31 bits per heavy atom. The Labute approximate surface area is 106 Å². The molecule has 0 atom stereocenters. The van der Waals surface area contributed by atoms with Crippen molar-refractivity contribution in [1.29, 1.82) is 0 Å². The number of Topliss-reactive ketones (excluding diaryl/α,β-unsaturated/α-hetero) is 1. The third-order valence-electron chi connectivity index (χ3n) is 3.60. The number of halogens is 2. The zero-order chi connectivity index (χ0) is 11.8. The molecule has 0 amide bonds. The Hall–Kier alpha value is -0.530. The highest BCUT2D eigenvalue weighted by molar-refractivity contribution is 6.42. The maximum Gasteiger partial charge on any atom is 0.140 e. The molecule has 2 rings (SSSR count). The molecule has 0 unspecified atom stereocenters. The van der Waals surface area contributed by atoms with Gasteiger partial charge in [-0.15, -0.1) is 0 Å². The molecule has 0 saturated heterocycles. The summed E-state index contributed by atoms with van der Waals surface area (Å²) < 4.78 is 0. The molecule has 3 heteroatoms. The van der Waals surface area contributed by atoms with Crippen LogP contribution in [0.3, 0.4) is 0 Å². The first-order chi connectivity index (χ1) is 7.56. The predicted octanol–water partition coefficient (Wildman–Crippen LogP) is 4.39. The quantitative estimate of drug-likeness (QED) is 0.767. The van der Waals surface area contributed by atoms with Crippen LogP contribution in [0.15, 0.2) is 18.2 Å². The van der Waals surface area contributed by atoms with Crippen molar-refractivity contribution in [1.82, 2.24) is 0 Å². The second kappa shape index (κ2) is 4.38. The number of rotatable bonds is 2. The SMILES string of the molecule is CC(=O)C1(c2ccc(Cl)c(Cl)c2)CCCC1. The summed E-state index contributed by atoms with van der Waals surface area (Å²) in [6.45, 7) is 1.67. The summed E-state index contributed by atoms with van der Waals surface area (Å²) in [5.41, 5.74) is 0.709. The van der Waals surface area contributed by atoms with Gasteiger partial charge in [-0.2, -0.15) is 0 Å². The van der Waals surface area contributed by atoms with E-state index in [4.69, 9.17) is 23.2 Å². The highest BCUT2D eigenvalue weighted by Crippen LogP contribution is 2.43. The zero-order valence-electron chi connectivity index (χ0n) is 9.22. The molecule has 1 aromatic rings. The first kappa shape index (κ1) is 11.9. The average molecular weight is 257 g/mol. The van der Waals surface area contributed by atoms with Crippen LogP contribution >= 0.6 is 23.2 Å². The van der Waals surface area contributed by atoms with E-state index in [9.17, 15) is 4.79 Å². The lowest BCUT2D eigenvalue weighted by Crippen LogP contribution is -2.30. The van der Waals surface area contributed by atoms with E-state index in [1.54, 1.807) is 13.0 Å². The summed E-state index contributed by atoms with van der Waals surface area (Å²) in [4.78, 5) is 11.9. The monoisotopic (exact) mass is 256 g/mol. The number of carbonyl (C=O) groups is 1. The largest absolute Gasteiger partial charge is 0.299 e. The van der Waals surface area contributed by atoms with E-state index in [1.165, 1.54) is 0 Å². The van der Waals surface area contributed by atoms with Gasteiger partial charge in [0.1, 0.15) is 5.78 Å². The summed E-state index contributed by atoms with van der Waals surface area (Å²) >= 11 is 11.9. The number of hydrogen-bond donors (Lipinski definition) is 0. The van der Waals surface area contributed by atoms with Gasteiger partial charge in [-0.05, 0) is 37.5 Å². The minimum atomic E-state index is -0.311. The van der Waals surface area contributed by atoms with Crippen LogP contribution in [-0.4, -0.2) is 5.78 Å². The number of hydrogen-bond acceptors (Lipinski definition) is 1. The third kappa shape index (κ3) is 1.87.